The first-order valence-corrected chi connectivity index (χ1v) is 9.05. The third-order valence-corrected chi connectivity index (χ3v) is 5.44. The van der Waals surface area contributed by atoms with E-state index in [1.165, 1.54) is 42.7 Å². The molecule has 1 atom stereocenters. The molecule has 1 saturated carbocycles. The van der Waals surface area contributed by atoms with E-state index in [1.807, 2.05) is 0 Å². The number of aryl methyl sites for hydroxylation is 1. The van der Waals surface area contributed by atoms with Gasteiger partial charge < -0.3 is 10.6 Å². The van der Waals surface area contributed by atoms with Gasteiger partial charge in [-0.3, -0.25) is 4.79 Å². The number of rotatable bonds is 7. The highest BCUT2D eigenvalue weighted by atomic mass is 35.5. The van der Waals surface area contributed by atoms with Gasteiger partial charge in [0.1, 0.15) is 0 Å². The van der Waals surface area contributed by atoms with E-state index in [2.05, 4.69) is 22.5 Å². The predicted octanol–water partition coefficient (Wildman–Crippen LogP) is 3.41. The number of nitrogens with zero attached hydrogens (tertiary/aromatic N) is 1. The highest BCUT2D eigenvalue weighted by molar-refractivity contribution is 7.15. The number of hydrogen-bond donors (Lipinski definition) is 2. The van der Waals surface area contributed by atoms with Crippen LogP contribution in [0.4, 0.5) is 5.13 Å². The van der Waals surface area contributed by atoms with Crippen LogP contribution in [0.5, 0.6) is 0 Å². The van der Waals surface area contributed by atoms with Crippen LogP contribution in [-0.4, -0.2) is 24.0 Å². The second kappa shape index (κ2) is 8.27. The molecule has 22 heavy (non-hydrogen) atoms. The zero-order valence-electron chi connectivity index (χ0n) is 13.2. The molecule has 2 aliphatic rings. The van der Waals surface area contributed by atoms with Crippen LogP contribution in [0.2, 0.25) is 0 Å². The molecule has 1 fully saturated rings. The van der Waals surface area contributed by atoms with E-state index in [9.17, 15) is 4.79 Å². The average Bonchev–Trinajstić information content (AvgIpc) is 3.18. The average molecular weight is 344 g/mol. The lowest BCUT2D eigenvalue weighted by Crippen LogP contribution is -2.29. The Hall–Kier alpha value is -0.650. The van der Waals surface area contributed by atoms with Crippen molar-refractivity contribution < 1.29 is 4.79 Å². The summed E-state index contributed by atoms with van der Waals surface area (Å²) < 4.78 is 0. The van der Waals surface area contributed by atoms with Gasteiger partial charge in [0, 0.05) is 4.88 Å². The summed E-state index contributed by atoms with van der Waals surface area (Å²) in [5.41, 5.74) is 1.22. The van der Waals surface area contributed by atoms with Crippen molar-refractivity contribution in [3.8, 4) is 0 Å². The minimum atomic E-state index is 0. The monoisotopic (exact) mass is 343 g/mol. The number of anilines is 1. The second-order valence-electron chi connectivity index (χ2n) is 6.41. The van der Waals surface area contributed by atoms with E-state index >= 15 is 0 Å². The van der Waals surface area contributed by atoms with Gasteiger partial charge in [-0.25, -0.2) is 4.98 Å². The van der Waals surface area contributed by atoms with Crippen LogP contribution in [0.3, 0.4) is 0 Å². The molecule has 3 rings (SSSR count). The number of carbonyl (C=O) groups is 1. The lowest BCUT2D eigenvalue weighted by atomic mass is 9.88. The maximum atomic E-state index is 11.9. The molecular weight excluding hydrogens is 318 g/mol. The Labute approximate surface area is 142 Å². The number of thiazole rings is 1. The molecule has 4 nitrogen and oxygen atoms in total. The summed E-state index contributed by atoms with van der Waals surface area (Å²) in [6.45, 7) is 3.63. The van der Waals surface area contributed by atoms with Crippen molar-refractivity contribution in [3.05, 3.63) is 10.6 Å². The summed E-state index contributed by atoms with van der Waals surface area (Å²) in [5.74, 6) is 1.65. The van der Waals surface area contributed by atoms with Crippen molar-refractivity contribution in [2.24, 2.45) is 11.8 Å². The van der Waals surface area contributed by atoms with Crippen molar-refractivity contribution in [2.45, 2.75) is 51.9 Å². The molecule has 124 valence electrons. The van der Waals surface area contributed by atoms with Crippen LogP contribution >= 0.6 is 23.7 Å². The number of hydrogen-bond acceptors (Lipinski definition) is 4. The Balaban J connectivity index is 0.00000176. The molecule has 1 aromatic rings. The van der Waals surface area contributed by atoms with Crippen molar-refractivity contribution >= 4 is 34.8 Å². The number of aromatic nitrogens is 1. The van der Waals surface area contributed by atoms with Gasteiger partial charge in [-0.2, -0.15) is 0 Å². The van der Waals surface area contributed by atoms with Gasteiger partial charge in [0.25, 0.3) is 0 Å². The van der Waals surface area contributed by atoms with E-state index < -0.39 is 0 Å². The molecular formula is C16H26ClN3OS. The lowest BCUT2D eigenvalue weighted by molar-refractivity contribution is -0.115. The fraction of sp³-hybridized carbons (Fsp3) is 0.750. The van der Waals surface area contributed by atoms with E-state index in [-0.39, 0.29) is 18.3 Å². The van der Waals surface area contributed by atoms with Gasteiger partial charge in [-0.15, -0.1) is 23.7 Å². The van der Waals surface area contributed by atoms with E-state index in [0.29, 0.717) is 6.54 Å². The van der Waals surface area contributed by atoms with Gasteiger partial charge in [0.05, 0.1) is 12.2 Å². The zero-order valence-corrected chi connectivity index (χ0v) is 14.8. The van der Waals surface area contributed by atoms with Gasteiger partial charge in [0.2, 0.25) is 5.91 Å². The van der Waals surface area contributed by atoms with Gasteiger partial charge in [-0.1, -0.05) is 19.8 Å². The fourth-order valence-corrected chi connectivity index (χ4v) is 4.17. The molecule has 2 aliphatic carbocycles. The molecule has 1 unspecified atom stereocenters. The van der Waals surface area contributed by atoms with Crippen LogP contribution in [0.1, 0.15) is 49.6 Å². The van der Waals surface area contributed by atoms with E-state index in [0.717, 1.165) is 36.4 Å². The number of carbonyl (C=O) groups excluding carboxylic acids is 1. The van der Waals surface area contributed by atoms with Crippen LogP contribution in [0, 0.1) is 11.8 Å². The zero-order chi connectivity index (χ0) is 14.7. The summed E-state index contributed by atoms with van der Waals surface area (Å²) in [5, 5.41) is 6.95. The molecule has 1 heterocycles. The Bertz CT molecular complexity index is 502. The number of fused-ring (bicyclic) bond motifs is 1. The normalized spacial score (nSPS) is 20.1. The lowest BCUT2D eigenvalue weighted by Gasteiger charge is -2.19. The molecule has 0 aromatic carbocycles. The SMILES string of the molecule is CCCC1CCc2nc(NC(=O)CNCC3CC3)sc2C1.Cl. The maximum absolute atomic E-state index is 11.9. The van der Waals surface area contributed by atoms with Crippen LogP contribution in [-0.2, 0) is 17.6 Å². The Kier molecular flexibility index (Phi) is 6.66. The molecule has 0 saturated heterocycles. The van der Waals surface area contributed by atoms with Crippen LogP contribution < -0.4 is 10.6 Å². The minimum Gasteiger partial charge on any atom is -0.308 e. The Morgan fingerprint density at radius 3 is 2.86 bits per heavy atom. The minimum absolute atomic E-state index is 0. The fourth-order valence-electron chi connectivity index (χ4n) is 3.03. The van der Waals surface area contributed by atoms with Gasteiger partial charge in [-0.05, 0) is 50.5 Å². The summed E-state index contributed by atoms with van der Waals surface area (Å²) in [6, 6.07) is 0. The predicted molar refractivity (Wildman–Crippen MR) is 94.0 cm³/mol. The highest BCUT2D eigenvalue weighted by Gasteiger charge is 2.23. The Morgan fingerprint density at radius 1 is 1.32 bits per heavy atom. The van der Waals surface area contributed by atoms with E-state index in [1.54, 1.807) is 11.3 Å². The standard InChI is InChI=1S/C16H25N3OS.ClH/c1-2-3-11-6-7-13-14(8-11)21-16(18-13)19-15(20)10-17-9-12-4-5-12;/h11-12,17H,2-10H2,1H3,(H,18,19,20);1H. The Morgan fingerprint density at radius 2 is 2.14 bits per heavy atom. The quantitative estimate of drug-likeness (QED) is 0.797. The maximum Gasteiger partial charge on any atom is 0.240 e. The summed E-state index contributed by atoms with van der Waals surface area (Å²) in [6.07, 6.45) is 8.67. The molecule has 2 N–H and O–H groups in total. The molecule has 0 aliphatic heterocycles. The van der Waals surface area contributed by atoms with Gasteiger partial charge >= 0.3 is 0 Å². The largest absolute Gasteiger partial charge is 0.308 e. The van der Waals surface area contributed by atoms with Crippen molar-refractivity contribution in [1.29, 1.82) is 0 Å². The first kappa shape index (κ1) is 17.7. The number of nitrogens with one attached hydrogen (secondary N) is 2. The molecule has 1 amide bonds. The second-order valence-corrected chi connectivity index (χ2v) is 7.49. The first-order chi connectivity index (χ1) is 10.2. The molecule has 1 aromatic heterocycles. The molecule has 0 spiro atoms. The number of amides is 1. The van der Waals surface area contributed by atoms with Crippen LogP contribution in [0.25, 0.3) is 0 Å². The topological polar surface area (TPSA) is 54.0 Å². The van der Waals surface area contributed by atoms with Crippen molar-refractivity contribution in [3.63, 3.8) is 0 Å². The molecule has 0 bridgehead atoms. The third kappa shape index (κ3) is 4.93. The van der Waals surface area contributed by atoms with Crippen molar-refractivity contribution in [1.82, 2.24) is 10.3 Å². The first-order valence-electron chi connectivity index (χ1n) is 8.23. The highest BCUT2D eigenvalue weighted by Crippen LogP contribution is 2.34. The summed E-state index contributed by atoms with van der Waals surface area (Å²) in [4.78, 5) is 17.9. The number of halogens is 1. The third-order valence-electron chi connectivity index (χ3n) is 4.40. The summed E-state index contributed by atoms with van der Waals surface area (Å²) in [7, 11) is 0. The van der Waals surface area contributed by atoms with Crippen molar-refractivity contribution in [2.75, 3.05) is 18.4 Å². The van der Waals surface area contributed by atoms with E-state index in [4.69, 9.17) is 0 Å². The summed E-state index contributed by atoms with van der Waals surface area (Å²) >= 11 is 1.67. The smallest absolute Gasteiger partial charge is 0.240 e. The molecule has 6 heteroatoms. The molecule has 0 radical (unpaired) electrons. The van der Waals surface area contributed by atoms with Gasteiger partial charge in [0.15, 0.2) is 5.13 Å². The van der Waals surface area contributed by atoms with Crippen LogP contribution in [0.15, 0.2) is 0 Å².